The monoisotopic (exact) mass is 152 g/mol. The van der Waals surface area contributed by atoms with Gasteiger partial charge in [0.05, 0.1) is 6.10 Å². The van der Waals surface area contributed by atoms with Crippen LogP contribution in [0.25, 0.3) is 0 Å². The second kappa shape index (κ2) is 3.39. The van der Waals surface area contributed by atoms with E-state index in [1.165, 1.54) is 0 Å². The van der Waals surface area contributed by atoms with Gasteiger partial charge >= 0.3 is 0 Å². The van der Waals surface area contributed by atoms with Crippen molar-refractivity contribution in [3.8, 4) is 5.75 Å². The average Bonchev–Trinajstić information content (AvgIpc) is 2.03. The van der Waals surface area contributed by atoms with E-state index >= 15 is 0 Å². The minimum absolute atomic E-state index is 0.0436. The molecule has 0 fully saturated rings. The molecule has 1 aromatic rings. The molecule has 1 atom stereocenters. The Hall–Kier alpha value is -1.02. The van der Waals surface area contributed by atoms with Gasteiger partial charge in [-0.15, -0.1) is 0 Å². The normalized spacial score (nSPS) is 12.9. The van der Waals surface area contributed by atoms with Gasteiger partial charge in [0.15, 0.2) is 0 Å². The highest BCUT2D eigenvalue weighted by molar-refractivity contribution is 5.28. The van der Waals surface area contributed by atoms with Gasteiger partial charge in [-0.05, 0) is 24.6 Å². The Morgan fingerprint density at radius 3 is 2.73 bits per heavy atom. The third kappa shape index (κ3) is 1.95. The molecule has 0 saturated carbocycles. The van der Waals surface area contributed by atoms with Crippen molar-refractivity contribution in [3.05, 3.63) is 29.8 Å². The first-order chi connectivity index (χ1) is 5.24. The lowest BCUT2D eigenvalue weighted by Crippen LogP contribution is -1.94. The highest BCUT2D eigenvalue weighted by atomic mass is 16.5. The van der Waals surface area contributed by atoms with E-state index in [2.05, 4.69) is 0 Å². The number of rotatable bonds is 2. The Morgan fingerprint density at radius 1 is 1.45 bits per heavy atom. The molecule has 0 aliphatic heterocycles. The van der Waals surface area contributed by atoms with Gasteiger partial charge in [-0.2, -0.15) is 0 Å². The van der Waals surface area contributed by atoms with Crippen molar-refractivity contribution in [1.29, 1.82) is 0 Å². The molecule has 2 heteroatoms. The lowest BCUT2D eigenvalue weighted by atomic mass is 10.1. The third-order valence-electron chi connectivity index (χ3n) is 1.69. The number of hydrogen-bond acceptors (Lipinski definition) is 2. The Bertz CT molecular complexity index is 233. The molecule has 1 rings (SSSR count). The molecular weight excluding hydrogens is 140 g/mol. The van der Waals surface area contributed by atoms with Crippen LogP contribution in [0.15, 0.2) is 24.3 Å². The molecule has 0 aromatic heterocycles. The molecule has 60 valence electrons. The third-order valence-corrected chi connectivity index (χ3v) is 1.69. The van der Waals surface area contributed by atoms with E-state index in [1.807, 2.05) is 13.0 Å². The summed E-state index contributed by atoms with van der Waals surface area (Å²) in [6, 6.07) is 7.08. The summed E-state index contributed by atoms with van der Waals surface area (Å²) in [5.41, 5.74) is 0.993. The van der Waals surface area contributed by atoms with Crippen molar-refractivity contribution in [1.82, 2.24) is 0 Å². The Labute approximate surface area is 66.4 Å². The number of benzene rings is 1. The second-order valence-corrected chi connectivity index (χ2v) is 2.47. The summed E-state index contributed by atoms with van der Waals surface area (Å²) < 4.78 is 5.08. The molecule has 0 aliphatic rings. The number of phenols is 1. The van der Waals surface area contributed by atoms with E-state index in [-0.39, 0.29) is 11.9 Å². The first kappa shape index (κ1) is 8.08. The van der Waals surface area contributed by atoms with Crippen molar-refractivity contribution >= 4 is 0 Å². The fourth-order valence-electron chi connectivity index (χ4n) is 0.914. The molecule has 0 heterocycles. The van der Waals surface area contributed by atoms with Gasteiger partial charge in [0.1, 0.15) is 5.75 Å². The molecule has 0 aliphatic carbocycles. The lowest BCUT2D eigenvalue weighted by Gasteiger charge is -2.08. The predicted octanol–water partition coefficient (Wildman–Crippen LogP) is 2.10. The van der Waals surface area contributed by atoms with Crippen molar-refractivity contribution in [2.75, 3.05) is 7.11 Å². The Morgan fingerprint density at radius 2 is 2.18 bits per heavy atom. The molecule has 0 radical (unpaired) electrons. The summed E-state index contributed by atoms with van der Waals surface area (Å²) >= 11 is 0. The second-order valence-electron chi connectivity index (χ2n) is 2.47. The topological polar surface area (TPSA) is 29.5 Å². The SMILES string of the molecule is COC(C)c1cccc(O)c1. The number of ether oxygens (including phenoxy) is 1. The quantitative estimate of drug-likeness (QED) is 0.703. The van der Waals surface area contributed by atoms with Gasteiger partial charge in [-0.1, -0.05) is 12.1 Å². The maximum Gasteiger partial charge on any atom is 0.115 e. The maximum atomic E-state index is 9.10. The van der Waals surface area contributed by atoms with Crippen molar-refractivity contribution < 1.29 is 9.84 Å². The molecular formula is C9H12O2. The fraction of sp³-hybridized carbons (Fsp3) is 0.333. The lowest BCUT2D eigenvalue weighted by molar-refractivity contribution is 0.119. The van der Waals surface area contributed by atoms with Crippen LogP contribution in [0.2, 0.25) is 0 Å². The largest absolute Gasteiger partial charge is 0.508 e. The van der Waals surface area contributed by atoms with E-state index in [0.29, 0.717) is 0 Å². The molecule has 1 unspecified atom stereocenters. The van der Waals surface area contributed by atoms with E-state index in [9.17, 15) is 0 Å². The van der Waals surface area contributed by atoms with Crippen molar-refractivity contribution in [2.45, 2.75) is 13.0 Å². The maximum absolute atomic E-state index is 9.10. The van der Waals surface area contributed by atoms with Crippen molar-refractivity contribution in [3.63, 3.8) is 0 Å². The van der Waals surface area contributed by atoms with Gasteiger partial charge < -0.3 is 9.84 Å². The molecule has 0 saturated heterocycles. The zero-order chi connectivity index (χ0) is 8.27. The van der Waals surface area contributed by atoms with Gasteiger partial charge in [-0.3, -0.25) is 0 Å². The van der Waals surface area contributed by atoms with Crippen LogP contribution in [0.4, 0.5) is 0 Å². The number of hydrogen-bond donors (Lipinski definition) is 1. The van der Waals surface area contributed by atoms with E-state index in [1.54, 1.807) is 25.3 Å². The van der Waals surface area contributed by atoms with Crippen LogP contribution in [0.5, 0.6) is 5.75 Å². The van der Waals surface area contributed by atoms with Gasteiger partial charge in [-0.25, -0.2) is 0 Å². The fourth-order valence-corrected chi connectivity index (χ4v) is 0.914. The van der Waals surface area contributed by atoms with Crippen LogP contribution in [-0.4, -0.2) is 12.2 Å². The summed E-state index contributed by atoms with van der Waals surface area (Å²) in [5, 5.41) is 9.10. The standard InChI is InChI=1S/C9H12O2/c1-7(11-2)8-4-3-5-9(10)6-8/h3-7,10H,1-2H3. The van der Waals surface area contributed by atoms with E-state index in [0.717, 1.165) is 5.56 Å². The number of phenolic OH excluding ortho intramolecular Hbond substituents is 1. The zero-order valence-corrected chi connectivity index (χ0v) is 6.74. The molecule has 1 aromatic carbocycles. The minimum atomic E-state index is 0.0436. The van der Waals surface area contributed by atoms with Crippen LogP contribution in [0, 0.1) is 0 Å². The van der Waals surface area contributed by atoms with E-state index < -0.39 is 0 Å². The number of aromatic hydroxyl groups is 1. The van der Waals surface area contributed by atoms with Crippen LogP contribution < -0.4 is 0 Å². The first-order valence-electron chi connectivity index (χ1n) is 3.55. The molecule has 1 N–H and O–H groups in total. The highest BCUT2D eigenvalue weighted by Crippen LogP contribution is 2.19. The molecule has 0 amide bonds. The van der Waals surface area contributed by atoms with Crippen LogP contribution >= 0.6 is 0 Å². The number of methoxy groups -OCH3 is 1. The summed E-state index contributed by atoms with van der Waals surface area (Å²) in [6.45, 7) is 1.94. The molecule has 11 heavy (non-hydrogen) atoms. The summed E-state index contributed by atoms with van der Waals surface area (Å²) in [5.74, 6) is 0.284. The van der Waals surface area contributed by atoms with Crippen LogP contribution in [-0.2, 0) is 4.74 Å². The van der Waals surface area contributed by atoms with E-state index in [4.69, 9.17) is 9.84 Å². The van der Waals surface area contributed by atoms with Crippen LogP contribution in [0.1, 0.15) is 18.6 Å². The molecule has 0 bridgehead atoms. The Kier molecular flexibility index (Phi) is 2.49. The van der Waals surface area contributed by atoms with Gasteiger partial charge in [0.25, 0.3) is 0 Å². The highest BCUT2D eigenvalue weighted by Gasteiger charge is 2.02. The van der Waals surface area contributed by atoms with Crippen LogP contribution in [0.3, 0.4) is 0 Å². The summed E-state index contributed by atoms with van der Waals surface area (Å²) in [6.07, 6.45) is 0.0436. The smallest absolute Gasteiger partial charge is 0.115 e. The Balaban J connectivity index is 2.86. The van der Waals surface area contributed by atoms with Gasteiger partial charge in [0.2, 0.25) is 0 Å². The summed E-state index contributed by atoms with van der Waals surface area (Å²) in [4.78, 5) is 0. The summed E-state index contributed by atoms with van der Waals surface area (Å²) in [7, 11) is 1.65. The van der Waals surface area contributed by atoms with Gasteiger partial charge in [0, 0.05) is 7.11 Å². The predicted molar refractivity (Wildman–Crippen MR) is 43.5 cm³/mol. The average molecular weight is 152 g/mol. The van der Waals surface area contributed by atoms with Crippen molar-refractivity contribution in [2.24, 2.45) is 0 Å². The zero-order valence-electron chi connectivity index (χ0n) is 6.74. The molecule has 2 nitrogen and oxygen atoms in total. The molecule has 0 spiro atoms. The minimum Gasteiger partial charge on any atom is -0.508 e. The first-order valence-corrected chi connectivity index (χ1v) is 3.55.